The molecule has 0 spiro atoms. The average molecular weight is 247 g/mol. The zero-order valence-corrected chi connectivity index (χ0v) is 10.1. The standard InChI is InChI=1S/C12H13N3O3/c1-8-13-7-10(12(16)17-2)11(15-8)14-6-9-4-3-5-18-9/h3-5,7H,6H2,1-2H3,(H,13,14,15). The van der Waals surface area contributed by atoms with Gasteiger partial charge in [-0.05, 0) is 19.1 Å². The van der Waals surface area contributed by atoms with Gasteiger partial charge in [0.1, 0.15) is 23.0 Å². The van der Waals surface area contributed by atoms with Crippen molar-refractivity contribution in [1.29, 1.82) is 0 Å². The summed E-state index contributed by atoms with van der Waals surface area (Å²) >= 11 is 0. The number of aromatic nitrogens is 2. The Morgan fingerprint density at radius 1 is 1.56 bits per heavy atom. The van der Waals surface area contributed by atoms with E-state index in [9.17, 15) is 4.79 Å². The molecule has 6 nitrogen and oxygen atoms in total. The van der Waals surface area contributed by atoms with Crippen molar-refractivity contribution in [3.05, 3.63) is 41.7 Å². The fourth-order valence-corrected chi connectivity index (χ4v) is 1.45. The minimum absolute atomic E-state index is 0.301. The van der Waals surface area contributed by atoms with E-state index >= 15 is 0 Å². The lowest BCUT2D eigenvalue weighted by Gasteiger charge is -2.08. The molecule has 1 N–H and O–H groups in total. The number of hydrogen-bond acceptors (Lipinski definition) is 6. The van der Waals surface area contributed by atoms with Gasteiger partial charge in [-0.1, -0.05) is 0 Å². The Bertz CT molecular complexity index is 538. The Kier molecular flexibility index (Phi) is 3.57. The molecule has 6 heteroatoms. The van der Waals surface area contributed by atoms with Crippen LogP contribution in [0.1, 0.15) is 21.9 Å². The van der Waals surface area contributed by atoms with Crippen LogP contribution in [-0.2, 0) is 11.3 Å². The second kappa shape index (κ2) is 5.31. The maximum atomic E-state index is 11.5. The highest BCUT2D eigenvalue weighted by atomic mass is 16.5. The maximum Gasteiger partial charge on any atom is 0.343 e. The molecule has 0 aliphatic heterocycles. The van der Waals surface area contributed by atoms with Gasteiger partial charge in [0.05, 0.1) is 19.9 Å². The Labute approximate surface area is 104 Å². The number of ether oxygens (including phenoxy) is 1. The first-order valence-corrected chi connectivity index (χ1v) is 5.39. The van der Waals surface area contributed by atoms with Crippen molar-refractivity contribution in [3.63, 3.8) is 0 Å². The summed E-state index contributed by atoms with van der Waals surface area (Å²) in [4.78, 5) is 19.7. The van der Waals surface area contributed by atoms with Crippen LogP contribution >= 0.6 is 0 Å². The number of esters is 1. The van der Waals surface area contributed by atoms with Gasteiger partial charge in [0.15, 0.2) is 0 Å². The lowest BCUT2D eigenvalue weighted by molar-refractivity contribution is 0.0601. The fourth-order valence-electron chi connectivity index (χ4n) is 1.45. The SMILES string of the molecule is COC(=O)c1cnc(C)nc1NCc1ccco1. The highest BCUT2D eigenvalue weighted by Crippen LogP contribution is 2.14. The van der Waals surface area contributed by atoms with E-state index in [1.807, 2.05) is 6.07 Å². The number of rotatable bonds is 4. The molecule has 18 heavy (non-hydrogen) atoms. The first kappa shape index (κ1) is 12.1. The number of aryl methyl sites for hydroxylation is 1. The van der Waals surface area contributed by atoms with Crippen LogP contribution in [0.25, 0.3) is 0 Å². The van der Waals surface area contributed by atoms with Crippen LogP contribution in [0.5, 0.6) is 0 Å². The molecule has 0 fully saturated rings. The van der Waals surface area contributed by atoms with Crippen LogP contribution in [0.4, 0.5) is 5.82 Å². The van der Waals surface area contributed by atoms with Gasteiger partial charge in [-0.25, -0.2) is 14.8 Å². The van der Waals surface area contributed by atoms with E-state index in [1.165, 1.54) is 13.3 Å². The second-order valence-corrected chi connectivity index (χ2v) is 3.60. The summed E-state index contributed by atoms with van der Waals surface area (Å²) in [6.45, 7) is 2.19. The molecule has 0 aromatic carbocycles. The number of furan rings is 1. The minimum Gasteiger partial charge on any atom is -0.467 e. The Morgan fingerprint density at radius 2 is 2.39 bits per heavy atom. The highest BCUT2D eigenvalue weighted by molar-refractivity contribution is 5.94. The normalized spacial score (nSPS) is 10.1. The molecule has 0 saturated heterocycles. The summed E-state index contributed by atoms with van der Waals surface area (Å²) in [6, 6.07) is 3.63. The van der Waals surface area contributed by atoms with E-state index in [-0.39, 0.29) is 0 Å². The third kappa shape index (κ3) is 2.65. The van der Waals surface area contributed by atoms with E-state index in [0.717, 1.165) is 5.76 Å². The predicted octanol–water partition coefficient (Wildman–Crippen LogP) is 1.78. The minimum atomic E-state index is -0.475. The van der Waals surface area contributed by atoms with Crippen molar-refractivity contribution < 1.29 is 13.9 Å². The summed E-state index contributed by atoms with van der Waals surface area (Å²) < 4.78 is 9.86. The molecule has 2 heterocycles. The van der Waals surface area contributed by atoms with Crippen LogP contribution < -0.4 is 5.32 Å². The van der Waals surface area contributed by atoms with Crippen LogP contribution in [0.2, 0.25) is 0 Å². The molecule has 0 aliphatic carbocycles. The van der Waals surface area contributed by atoms with Gasteiger partial charge in [0.2, 0.25) is 0 Å². The van der Waals surface area contributed by atoms with Gasteiger partial charge in [-0.2, -0.15) is 0 Å². The molecule has 0 radical (unpaired) electrons. The van der Waals surface area contributed by atoms with Crippen LogP contribution in [-0.4, -0.2) is 23.0 Å². The summed E-state index contributed by atoms with van der Waals surface area (Å²) in [5.41, 5.74) is 0.301. The monoisotopic (exact) mass is 247 g/mol. The maximum absolute atomic E-state index is 11.5. The molecule has 0 bridgehead atoms. The van der Waals surface area contributed by atoms with Crippen LogP contribution in [0, 0.1) is 6.92 Å². The lowest BCUT2D eigenvalue weighted by atomic mass is 10.3. The van der Waals surface area contributed by atoms with Crippen molar-refractivity contribution >= 4 is 11.8 Å². The number of carbonyl (C=O) groups excluding carboxylic acids is 1. The molecular formula is C12H13N3O3. The zero-order valence-electron chi connectivity index (χ0n) is 10.1. The van der Waals surface area contributed by atoms with E-state index in [2.05, 4.69) is 20.0 Å². The number of carbonyl (C=O) groups is 1. The molecule has 0 aliphatic rings. The van der Waals surface area contributed by atoms with Gasteiger partial charge in [-0.3, -0.25) is 0 Å². The summed E-state index contributed by atoms with van der Waals surface area (Å²) in [6.07, 6.45) is 3.03. The number of anilines is 1. The first-order valence-electron chi connectivity index (χ1n) is 5.39. The zero-order chi connectivity index (χ0) is 13.0. The molecule has 0 atom stereocenters. The Balaban J connectivity index is 2.19. The van der Waals surface area contributed by atoms with Gasteiger partial charge >= 0.3 is 5.97 Å². The van der Waals surface area contributed by atoms with Crippen LogP contribution in [0.3, 0.4) is 0 Å². The first-order chi connectivity index (χ1) is 8.70. The lowest BCUT2D eigenvalue weighted by Crippen LogP contribution is -2.11. The molecule has 2 aromatic rings. The van der Waals surface area contributed by atoms with Crippen molar-refractivity contribution in [1.82, 2.24) is 9.97 Å². The number of methoxy groups -OCH3 is 1. The van der Waals surface area contributed by atoms with Gasteiger partial charge in [-0.15, -0.1) is 0 Å². The number of nitrogens with zero attached hydrogens (tertiary/aromatic N) is 2. The predicted molar refractivity (Wildman–Crippen MR) is 64.1 cm³/mol. The van der Waals surface area contributed by atoms with E-state index < -0.39 is 5.97 Å². The van der Waals surface area contributed by atoms with Gasteiger partial charge in [0, 0.05) is 6.20 Å². The quantitative estimate of drug-likeness (QED) is 0.830. The summed E-state index contributed by atoms with van der Waals surface area (Å²) in [5.74, 6) is 1.29. The third-order valence-electron chi connectivity index (χ3n) is 2.32. The number of nitrogens with one attached hydrogen (secondary N) is 1. The fraction of sp³-hybridized carbons (Fsp3) is 0.250. The average Bonchev–Trinajstić information content (AvgIpc) is 2.88. The van der Waals surface area contributed by atoms with Crippen molar-refractivity contribution in [2.75, 3.05) is 12.4 Å². The molecular weight excluding hydrogens is 234 g/mol. The summed E-state index contributed by atoms with van der Waals surface area (Å²) in [5, 5.41) is 3.03. The number of hydrogen-bond donors (Lipinski definition) is 1. The van der Waals surface area contributed by atoms with Gasteiger partial charge < -0.3 is 14.5 Å². The topological polar surface area (TPSA) is 77.2 Å². The van der Waals surface area contributed by atoms with Crippen molar-refractivity contribution in [3.8, 4) is 0 Å². The largest absolute Gasteiger partial charge is 0.467 e. The van der Waals surface area contributed by atoms with E-state index in [1.54, 1.807) is 19.3 Å². The van der Waals surface area contributed by atoms with Crippen LogP contribution in [0.15, 0.2) is 29.0 Å². The van der Waals surface area contributed by atoms with E-state index in [0.29, 0.717) is 23.8 Å². The second-order valence-electron chi connectivity index (χ2n) is 3.60. The molecule has 0 saturated carbocycles. The Hall–Kier alpha value is -2.37. The molecule has 0 unspecified atom stereocenters. The molecule has 2 aromatic heterocycles. The molecule has 0 amide bonds. The summed E-state index contributed by atoms with van der Waals surface area (Å²) in [7, 11) is 1.32. The third-order valence-corrected chi connectivity index (χ3v) is 2.32. The van der Waals surface area contributed by atoms with Crippen molar-refractivity contribution in [2.24, 2.45) is 0 Å². The smallest absolute Gasteiger partial charge is 0.343 e. The van der Waals surface area contributed by atoms with E-state index in [4.69, 9.17) is 4.42 Å². The highest BCUT2D eigenvalue weighted by Gasteiger charge is 2.14. The molecule has 94 valence electrons. The molecule has 2 rings (SSSR count). The Morgan fingerprint density at radius 3 is 3.06 bits per heavy atom. The van der Waals surface area contributed by atoms with Gasteiger partial charge in [0.25, 0.3) is 0 Å². The van der Waals surface area contributed by atoms with Crippen molar-refractivity contribution in [2.45, 2.75) is 13.5 Å².